The number of rotatable bonds is 7. The van der Waals surface area contributed by atoms with Crippen molar-refractivity contribution in [3.8, 4) is 17.1 Å². The summed E-state index contributed by atoms with van der Waals surface area (Å²) in [5.41, 5.74) is 2.86. The van der Waals surface area contributed by atoms with E-state index in [0.717, 1.165) is 24.2 Å². The van der Waals surface area contributed by atoms with Crippen LogP contribution in [0.25, 0.3) is 22.3 Å². The minimum absolute atomic E-state index is 0.273. The molecule has 0 amide bonds. The number of hydrogen-bond acceptors (Lipinski definition) is 5. The van der Waals surface area contributed by atoms with Crippen LogP contribution in [0.15, 0.2) is 36.4 Å². The molecule has 0 saturated heterocycles. The minimum atomic E-state index is -0.273. The Labute approximate surface area is 152 Å². The van der Waals surface area contributed by atoms with E-state index in [9.17, 15) is 4.39 Å². The lowest BCUT2D eigenvalue weighted by molar-refractivity contribution is 0.330. The molecule has 0 fully saturated rings. The average Bonchev–Trinajstić information content (AvgIpc) is 2.62. The Kier molecular flexibility index (Phi) is 5.61. The number of hydrogen-bond donors (Lipinski definition) is 1. The molecule has 2 aromatic heterocycles. The molecule has 0 aliphatic rings. The molecular weight excluding hydrogens is 331 g/mol. The lowest BCUT2D eigenvalue weighted by atomic mass is 10.1. The molecule has 5 nitrogen and oxygen atoms in total. The van der Waals surface area contributed by atoms with Gasteiger partial charge in [0.05, 0.1) is 17.8 Å². The molecule has 0 unspecified atom stereocenters. The maximum absolute atomic E-state index is 13.1. The molecule has 3 aromatic rings. The van der Waals surface area contributed by atoms with Crippen molar-refractivity contribution >= 4 is 17.0 Å². The fraction of sp³-hybridized carbons (Fsp3) is 0.350. The van der Waals surface area contributed by atoms with E-state index >= 15 is 0 Å². The zero-order valence-corrected chi connectivity index (χ0v) is 15.3. The molecular formula is C20H23FN4O. The van der Waals surface area contributed by atoms with Gasteiger partial charge in [-0.15, -0.1) is 0 Å². The van der Waals surface area contributed by atoms with Gasteiger partial charge in [-0.05, 0) is 55.7 Å². The molecule has 3 rings (SSSR count). The maximum Gasteiger partial charge on any atom is 0.245 e. The van der Waals surface area contributed by atoms with E-state index in [2.05, 4.69) is 34.1 Å². The largest absolute Gasteiger partial charge is 0.476 e. The molecule has 26 heavy (non-hydrogen) atoms. The van der Waals surface area contributed by atoms with Gasteiger partial charge in [0.15, 0.2) is 5.52 Å². The van der Waals surface area contributed by atoms with Gasteiger partial charge in [0, 0.05) is 12.1 Å². The molecule has 1 N–H and O–H groups in total. The summed E-state index contributed by atoms with van der Waals surface area (Å²) in [6.07, 6.45) is 1.03. The fourth-order valence-electron chi connectivity index (χ4n) is 2.56. The summed E-state index contributed by atoms with van der Waals surface area (Å²) in [5.74, 6) is 1.32. The minimum Gasteiger partial charge on any atom is -0.476 e. The molecule has 0 radical (unpaired) electrons. The highest BCUT2D eigenvalue weighted by Crippen LogP contribution is 2.26. The van der Waals surface area contributed by atoms with E-state index in [-0.39, 0.29) is 5.82 Å². The number of benzene rings is 1. The predicted octanol–water partition coefficient (Wildman–Crippen LogP) is 4.69. The first-order valence-electron chi connectivity index (χ1n) is 8.88. The Morgan fingerprint density at radius 1 is 1.04 bits per heavy atom. The van der Waals surface area contributed by atoms with Crippen LogP contribution in [0.4, 0.5) is 10.3 Å². The molecule has 136 valence electrons. The number of anilines is 1. The summed E-state index contributed by atoms with van der Waals surface area (Å²) >= 11 is 0. The van der Waals surface area contributed by atoms with Crippen molar-refractivity contribution in [2.24, 2.45) is 5.92 Å². The number of nitrogens with one attached hydrogen (secondary N) is 1. The Hall–Kier alpha value is -2.76. The number of halogens is 1. The molecule has 0 bridgehead atoms. The number of ether oxygens (including phenoxy) is 1. The fourth-order valence-corrected chi connectivity index (χ4v) is 2.56. The second kappa shape index (κ2) is 8.08. The lowest BCUT2D eigenvalue weighted by Gasteiger charge is -2.11. The second-order valence-electron chi connectivity index (χ2n) is 6.47. The summed E-state index contributed by atoms with van der Waals surface area (Å²) in [7, 11) is 0. The number of pyridine rings is 1. The van der Waals surface area contributed by atoms with E-state index < -0.39 is 0 Å². The normalized spacial score (nSPS) is 11.1. The van der Waals surface area contributed by atoms with Crippen LogP contribution in [0.3, 0.4) is 0 Å². The van der Waals surface area contributed by atoms with Crippen molar-refractivity contribution in [2.75, 3.05) is 18.5 Å². The predicted molar refractivity (Wildman–Crippen MR) is 102 cm³/mol. The van der Waals surface area contributed by atoms with Crippen molar-refractivity contribution in [3.63, 3.8) is 0 Å². The van der Waals surface area contributed by atoms with E-state index in [4.69, 9.17) is 4.74 Å². The first-order chi connectivity index (χ1) is 12.6. The summed E-state index contributed by atoms with van der Waals surface area (Å²) in [6.45, 7) is 7.55. The molecule has 0 atom stereocenters. The van der Waals surface area contributed by atoms with Gasteiger partial charge in [0.2, 0.25) is 11.8 Å². The van der Waals surface area contributed by atoms with Gasteiger partial charge in [0.1, 0.15) is 5.82 Å². The van der Waals surface area contributed by atoms with Gasteiger partial charge in [-0.3, -0.25) is 0 Å². The smallest absolute Gasteiger partial charge is 0.245 e. The van der Waals surface area contributed by atoms with Gasteiger partial charge in [0.25, 0.3) is 0 Å². The Morgan fingerprint density at radius 3 is 2.50 bits per heavy atom. The van der Waals surface area contributed by atoms with Gasteiger partial charge < -0.3 is 10.1 Å². The lowest BCUT2D eigenvalue weighted by Crippen LogP contribution is -2.09. The molecule has 1 aromatic carbocycles. The van der Waals surface area contributed by atoms with Crippen molar-refractivity contribution in [3.05, 3.63) is 42.2 Å². The van der Waals surface area contributed by atoms with Crippen molar-refractivity contribution in [1.29, 1.82) is 0 Å². The summed E-state index contributed by atoms with van der Waals surface area (Å²) in [4.78, 5) is 13.7. The third-order valence-electron chi connectivity index (χ3n) is 3.94. The third-order valence-corrected chi connectivity index (χ3v) is 3.94. The van der Waals surface area contributed by atoms with Crippen LogP contribution in [0.1, 0.15) is 27.2 Å². The monoisotopic (exact) mass is 354 g/mol. The Bertz CT molecular complexity index is 881. The average molecular weight is 354 g/mol. The van der Waals surface area contributed by atoms with Gasteiger partial charge >= 0.3 is 0 Å². The molecule has 2 heterocycles. The van der Waals surface area contributed by atoms with Crippen LogP contribution < -0.4 is 10.1 Å². The first kappa shape index (κ1) is 18.0. The van der Waals surface area contributed by atoms with Crippen molar-refractivity contribution in [2.45, 2.75) is 27.2 Å². The molecule has 6 heteroatoms. The standard InChI is InChI=1S/C20H23FN4O/c1-4-26-19-18-17(24-20(25-19)22-12-11-13(2)3)10-9-16(23-18)14-5-7-15(21)8-6-14/h5-10,13H,4,11-12H2,1-3H3,(H,22,24,25). The first-order valence-corrected chi connectivity index (χ1v) is 8.88. The summed E-state index contributed by atoms with van der Waals surface area (Å²) in [5, 5.41) is 3.25. The second-order valence-corrected chi connectivity index (χ2v) is 6.47. The van der Waals surface area contributed by atoms with E-state index in [1.807, 2.05) is 19.1 Å². The summed E-state index contributed by atoms with van der Waals surface area (Å²) in [6, 6.07) is 10.00. The SMILES string of the molecule is CCOc1nc(NCCC(C)C)nc2ccc(-c3ccc(F)cc3)nc12. The molecule has 0 saturated carbocycles. The zero-order valence-electron chi connectivity index (χ0n) is 15.3. The van der Waals surface area contributed by atoms with Gasteiger partial charge in [-0.2, -0.15) is 4.98 Å². The van der Waals surface area contributed by atoms with Crippen LogP contribution in [0, 0.1) is 11.7 Å². The maximum atomic E-state index is 13.1. The summed E-state index contributed by atoms with van der Waals surface area (Å²) < 4.78 is 18.8. The highest BCUT2D eigenvalue weighted by Gasteiger charge is 2.12. The topological polar surface area (TPSA) is 59.9 Å². The van der Waals surface area contributed by atoms with Gasteiger partial charge in [-0.25, -0.2) is 14.4 Å². The highest BCUT2D eigenvalue weighted by molar-refractivity contribution is 5.83. The van der Waals surface area contributed by atoms with Crippen molar-refractivity contribution in [1.82, 2.24) is 15.0 Å². The van der Waals surface area contributed by atoms with E-state index in [0.29, 0.717) is 35.4 Å². The van der Waals surface area contributed by atoms with E-state index in [1.54, 1.807) is 12.1 Å². The molecule has 0 aliphatic carbocycles. The van der Waals surface area contributed by atoms with Gasteiger partial charge in [-0.1, -0.05) is 13.8 Å². The molecule has 0 aliphatic heterocycles. The molecule has 0 spiro atoms. The van der Waals surface area contributed by atoms with E-state index in [1.165, 1.54) is 12.1 Å². The van der Waals surface area contributed by atoms with Crippen LogP contribution in [0.2, 0.25) is 0 Å². The Morgan fingerprint density at radius 2 is 1.81 bits per heavy atom. The highest BCUT2D eigenvalue weighted by atomic mass is 19.1. The van der Waals surface area contributed by atoms with Crippen LogP contribution in [-0.4, -0.2) is 28.1 Å². The number of fused-ring (bicyclic) bond motifs is 1. The number of nitrogens with zero attached hydrogens (tertiary/aromatic N) is 3. The van der Waals surface area contributed by atoms with Crippen LogP contribution in [0.5, 0.6) is 5.88 Å². The quantitative estimate of drug-likeness (QED) is 0.667. The Balaban J connectivity index is 1.96. The van der Waals surface area contributed by atoms with Crippen molar-refractivity contribution < 1.29 is 9.13 Å². The number of aromatic nitrogens is 3. The van der Waals surface area contributed by atoms with Crippen LogP contribution >= 0.6 is 0 Å². The third kappa shape index (κ3) is 4.25. The zero-order chi connectivity index (χ0) is 18.5. The van der Waals surface area contributed by atoms with Crippen LogP contribution in [-0.2, 0) is 0 Å².